The molecule has 0 radical (unpaired) electrons. The maximum absolute atomic E-state index is 12.8. The lowest BCUT2D eigenvalue weighted by Crippen LogP contribution is -2.46. The molecule has 1 heterocycles. The average molecular weight is 327 g/mol. The van der Waals surface area contributed by atoms with Gasteiger partial charge in [0.05, 0.1) is 18.3 Å². The largest absolute Gasteiger partial charge is 0.374 e. The van der Waals surface area contributed by atoms with E-state index in [1.54, 1.807) is 11.8 Å². The fourth-order valence-corrected chi connectivity index (χ4v) is 3.49. The van der Waals surface area contributed by atoms with E-state index in [1.807, 2.05) is 53.6 Å². The Balaban J connectivity index is 1.69. The first kappa shape index (κ1) is 16.1. The first-order chi connectivity index (χ1) is 11.3. The van der Waals surface area contributed by atoms with Gasteiger partial charge in [0.2, 0.25) is 0 Å². The zero-order valence-corrected chi connectivity index (χ0v) is 14.1. The quantitative estimate of drug-likeness (QED) is 0.805. The molecular formula is C19H21NO2S. The molecule has 120 valence electrons. The van der Waals surface area contributed by atoms with Gasteiger partial charge < -0.3 is 9.64 Å². The fourth-order valence-electron chi connectivity index (χ4n) is 2.90. The second-order valence-electron chi connectivity index (χ2n) is 5.63. The highest BCUT2D eigenvalue weighted by Crippen LogP contribution is 2.22. The number of benzene rings is 2. The van der Waals surface area contributed by atoms with Crippen molar-refractivity contribution in [3.05, 3.63) is 65.7 Å². The number of rotatable bonds is 4. The summed E-state index contributed by atoms with van der Waals surface area (Å²) in [7, 11) is 0. The molecule has 0 bridgehead atoms. The van der Waals surface area contributed by atoms with Crippen molar-refractivity contribution in [3.8, 4) is 0 Å². The molecule has 4 heteroatoms. The summed E-state index contributed by atoms with van der Waals surface area (Å²) in [5.74, 6) is 0.108. The molecule has 1 amide bonds. The third-order valence-corrected chi connectivity index (χ3v) is 4.87. The Morgan fingerprint density at radius 3 is 2.70 bits per heavy atom. The summed E-state index contributed by atoms with van der Waals surface area (Å²) >= 11 is 1.61. The van der Waals surface area contributed by atoms with Crippen LogP contribution in [0.2, 0.25) is 0 Å². The second-order valence-corrected chi connectivity index (χ2v) is 6.48. The van der Waals surface area contributed by atoms with Crippen molar-refractivity contribution >= 4 is 17.7 Å². The van der Waals surface area contributed by atoms with Crippen molar-refractivity contribution in [1.82, 2.24) is 4.90 Å². The van der Waals surface area contributed by atoms with Crippen molar-refractivity contribution in [2.75, 3.05) is 26.0 Å². The third kappa shape index (κ3) is 3.95. The minimum Gasteiger partial charge on any atom is -0.374 e. The van der Waals surface area contributed by atoms with Crippen LogP contribution in [0, 0.1) is 0 Å². The van der Waals surface area contributed by atoms with Gasteiger partial charge in [-0.25, -0.2) is 0 Å². The number of carbonyl (C=O) groups excluding carboxylic acids is 1. The maximum Gasteiger partial charge on any atom is 0.255 e. The maximum atomic E-state index is 12.8. The molecular weight excluding hydrogens is 306 g/mol. The number of nitrogens with zero attached hydrogens (tertiary/aromatic N) is 1. The first-order valence-corrected chi connectivity index (χ1v) is 9.08. The predicted octanol–water partition coefficient (Wildman–Crippen LogP) is 3.49. The van der Waals surface area contributed by atoms with Gasteiger partial charge in [0, 0.05) is 24.4 Å². The van der Waals surface area contributed by atoms with Gasteiger partial charge in [0.15, 0.2) is 0 Å². The molecule has 3 rings (SSSR count). The third-order valence-electron chi connectivity index (χ3n) is 4.07. The van der Waals surface area contributed by atoms with Gasteiger partial charge in [-0.05, 0) is 24.0 Å². The van der Waals surface area contributed by atoms with E-state index in [9.17, 15) is 4.79 Å². The van der Waals surface area contributed by atoms with Crippen LogP contribution >= 0.6 is 11.8 Å². The van der Waals surface area contributed by atoms with Crippen LogP contribution in [0.4, 0.5) is 0 Å². The molecule has 23 heavy (non-hydrogen) atoms. The van der Waals surface area contributed by atoms with Crippen LogP contribution in [-0.4, -0.2) is 42.9 Å². The SMILES string of the molecule is CSc1ccccc1C(=O)N1CCO[C@H](Cc2ccccc2)C1. The van der Waals surface area contributed by atoms with Crippen LogP contribution in [0.15, 0.2) is 59.5 Å². The first-order valence-electron chi connectivity index (χ1n) is 7.86. The topological polar surface area (TPSA) is 29.5 Å². The lowest BCUT2D eigenvalue weighted by molar-refractivity contribution is -0.0209. The van der Waals surface area contributed by atoms with Crippen molar-refractivity contribution in [2.45, 2.75) is 17.4 Å². The molecule has 1 atom stereocenters. The number of morpholine rings is 1. The zero-order chi connectivity index (χ0) is 16.1. The second kappa shape index (κ2) is 7.66. The smallest absolute Gasteiger partial charge is 0.255 e. The summed E-state index contributed by atoms with van der Waals surface area (Å²) in [4.78, 5) is 15.8. The van der Waals surface area contributed by atoms with Gasteiger partial charge in [-0.3, -0.25) is 4.79 Å². The molecule has 1 aliphatic heterocycles. The summed E-state index contributed by atoms with van der Waals surface area (Å²) in [6, 6.07) is 18.1. The van der Waals surface area contributed by atoms with E-state index >= 15 is 0 Å². The number of thioether (sulfide) groups is 1. The Labute approximate surface area is 141 Å². The highest BCUT2D eigenvalue weighted by atomic mass is 32.2. The van der Waals surface area contributed by atoms with Gasteiger partial charge in [-0.15, -0.1) is 11.8 Å². The van der Waals surface area contributed by atoms with E-state index in [2.05, 4.69) is 12.1 Å². The average Bonchev–Trinajstić information content (AvgIpc) is 2.62. The zero-order valence-electron chi connectivity index (χ0n) is 13.3. The molecule has 2 aromatic rings. The molecule has 0 aliphatic carbocycles. The van der Waals surface area contributed by atoms with Crippen LogP contribution in [0.5, 0.6) is 0 Å². The van der Waals surface area contributed by atoms with E-state index in [-0.39, 0.29) is 12.0 Å². The Morgan fingerprint density at radius 1 is 1.17 bits per heavy atom. The van der Waals surface area contributed by atoms with E-state index in [4.69, 9.17) is 4.74 Å². The van der Waals surface area contributed by atoms with Gasteiger partial charge in [0.1, 0.15) is 0 Å². The summed E-state index contributed by atoms with van der Waals surface area (Å²) < 4.78 is 5.86. The Kier molecular flexibility index (Phi) is 5.36. The van der Waals surface area contributed by atoms with Crippen molar-refractivity contribution in [3.63, 3.8) is 0 Å². The van der Waals surface area contributed by atoms with Gasteiger partial charge in [-0.1, -0.05) is 42.5 Å². The van der Waals surface area contributed by atoms with Gasteiger partial charge in [0.25, 0.3) is 5.91 Å². The lowest BCUT2D eigenvalue weighted by Gasteiger charge is -2.33. The van der Waals surface area contributed by atoms with Crippen LogP contribution in [0.25, 0.3) is 0 Å². The van der Waals surface area contributed by atoms with Crippen LogP contribution in [0.3, 0.4) is 0 Å². The number of carbonyl (C=O) groups is 1. The molecule has 1 saturated heterocycles. The highest BCUT2D eigenvalue weighted by Gasteiger charge is 2.26. The van der Waals surface area contributed by atoms with Crippen molar-refractivity contribution in [1.29, 1.82) is 0 Å². The van der Waals surface area contributed by atoms with Crippen molar-refractivity contribution < 1.29 is 9.53 Å². The fraction of sp³-hybridized carbons (Fsp3) is 0.316. The number of amides is 1. The van der Waals surface area contributed by atoms with Crippen LogP contribution in [-0.2, 0) is 11.2 Å². The molecule has 1 fully saturated rings. The van der Waals surface area contributed by atoms with Gasteiger partial charge >= 0.3 is 0 Å². The normalized spacial score (nSPS) is 18.0. The molecule has 0 unspecified atom stereocenters. The Morgan fingerprint density at radius 2 is 1.91 bits per heavy atom. The van der Waals surface area contributed by atoms with Crippen molar-refractivity contribution in [2.24, 2.45) is 0 Å². The molecule has 2 aromatic carbocycles. The Bertz CT molecular complexity index is 659. The van der Waals surface area contributed by atoms with Gasteiger partial charge in [-0.2, -0.15) is 0 Å². The van der Waals surface area contributed by atoms with E-state index < -0.39 is 0 Å². The lowest BCUT2D eigenvalue weighted by atomic mass is 10.1. The molecule has 0 N–H and O–H groups in total. The van der Waals surface area contributed by atoms with E-state index in [0.29, 0.717) is 19.7 Å². The summed E-state index contributed by atoms with van der Waals surface area (Å²) in [6.07, 6.45) is 2.91. The minimum atomic E-state index is 0.0662. The standard InChI is InChI=1S/C19H21NO2S/c1-23-18-10-6-5-9-17(18)19(21)20-11-12-22-16(14-20)13-15-7-3-2-4-8-15/h2-10,16H,11-14H2,1H3/t16-/m1/s1. The summed E-state index contributed by atoms with van der Waals surface area (Å²) in [5.41, 5.74) is 2.04. The monoisotopic (exact) mass is 327 g/mol. The minimum absolute atomic E-state index is 0.0662. The Hall–Kier alpha value is -1.78. The molecule has 1 aliphatic rings. The van der Waals surface area contributed by atoms with E-state index in [0.717, 1.165) is 16.9 Å². The highest BCUT2D eigenvalue weighted by molar-refractivity contribution is 7.98. The van der Waals surface area contributed by atoms with Crippen LogP contribution < -0.4 is 0 Å². The molecule has 3 nitrogen and oxygen atoms in total. The molecule has 0 saturated carbocycles. The predicted molar refractivity (Wildman–Crippen MR) is 94.0 cm³/mol. The number of hydrogen-bond acceptors (Lipinski definition) is 3. The number of hydrogen-bond donors (Lipinski definition) is 0. The molecule has 0 aromatic heterocycles. The molecule has 0 spiro atoms. The van der Waals surface area contributed by atoms with Crippen LogP contribution in [0.1, 0.15) is 15.9 Å². The summed E-state index contributed by atoms with van der Waals surface area (Å²) in [5, 5.41) is 0. The number of ether oxygens (including phenoxy) is 1. The van der Waals surface area contributed by atoms with E-state index in [1.165, 1.54) is 5.56 Å². The summed E-state index contributed by atoms with van der Waals surface area (Å²) in [6.45, 7) is 1.91.